The summed E-state index contributed by atoms with van der Waals surface area (Å²) in [6.07, 6.45) is 0. The summed E-state index contributed by atoms with van der Waals surface area (Å²) in [5.74, 6) is -0.913. The molecule has 5 nitrogen and oxygen atoms in total. The summed E-state index contributed by atoms with van der Waals surface area (Å²) < 4.78 is 40.9. The Morgan fingerprint density at radius 2 is 1.58 bits per heavy atom. The van der Waals surface area contributed by atoms with E-state index in [4.69, 9.17) is 23.2 Å². The Labute approximate surface area is 190 Å². The van der Waals surface area contributed by atoms with Crippen LogP contribution in [0.1, 0.15) is 5.56 Å². The second-order valence-electron chi connectivity index (χ2n) is 6.79. The van der Waals surface area contributed by atoms with Crippen molar-refractivity contribution < 1.29 is 17.6 Å². The summed E-state index contributed by atoms with van der Waals surface area (Å²) in [4.78, 5) is 14.2. The lowest BCUT2D eigenvalue weighted by Gasteiger charge is -2.25. The number of nitrogens with zero attached hydrogens (tertiary/aromatic N) is 2. The first-order valence-electron chi connectivity index (χ1n) is 9.19. The number of benzene rings is 3. The summed E-state index contributed by atoms with van der Waals surface area (Å²) in [6.45, 7) is -0.486. The number of amides is 1. The summed E-state index contributed by atoms with van der Waals surface area (Å²) in [5, 5.41) is 0.851. The van der Waals surface area contributed by atoms with Gasteiger partial charge in [-0.25, -0.2) is 12.8 Å². The Morgan fingerprint density at radius 3 is 2.19 bits per heavy atom. The maximum absolute atomic E-state index is 13.3. The second kappa shape index (κ2) is 9.78. The van der Waals surface area contributed by atoms with Crippen molar-refractivity contribution in [3.63, 3.8) is 0 Å². The van der Waals surface area contributed by atoms with E-state index >= 15 is 0 Å². The van der Waals surface area contributed by atoms with Crippen LogP contribution in [0.15, 0.2) is 77.7 Å². The first-order valence-corrected chi connectivity index (χ1v) is 11.4. The summed E-state index contributed by atoms with van der Waals surface area (Å²) in [6, 6.07) is 17.8. The van der Waals surface area contributed by atoms with E-state index in [1.54, 1.807) is 24.3 Å². The monoisotopic (exact) mass is 480 g/mol. The minimum Gasteiger partial charge on any atom is -0.314 e. The minimum atomic E-state index is -4.02. The third kappa shape index (κ3) is 5.83. The van der Waals surface area contributed by atoms with Gasteiger partial charge in [-0.3, -0.25) is 4.79 Å². The molecule has 0 bridgehead atoms. The molecule has 0 saturated heterocycles. The van der Waals surface area contributed by atoms with Crippen molar-refractivity contribution in [2.24, 2.45) is 0 Å². The molecule has 0 atom stereocenters. The molecule has 0 fully saturated rings. The van der Waals surface area contributed by atoms with E-state index in [0.29, 0.717) is 21.3 Å². The standard InChI is InChI=1S/C22H19Cl2FN2O3S/c1-26(20-9-7-19(25)8-10-20)22(28)15-27(14-16-3-2-4-18(24)13-16)31(29,30)21-11-5-17(23)6-12-21/h2-13H,14-15H2,1H3. The predicted octanol–water partition coefficient (Wildman–Crippen LogP) is 4.99. The van der Waals surface area contributed by atoms with Crippen LogP contribution in [0.3, 0.4) is 0 Å². The predicted molar refractivity (Wildman–Crippen MR) is 120 cm³/mol. The Balaban J connectivity index is 1.92. The van der Waals surface area contributed by atoms with Crippen molar-refractivity contribution in [2.45, 2.75) is 11.4 Å². The van der Waals surface area contributed by atoms with E-state index in [1.165, 1.54) is 60.5 Å². The van der Waals surface area contributed by atoms with Crippen LogP contribution >= 0.6 is 23.2 Å². The highest BCUT2D eigenvalue weighted by atomic mass is 35.5. The maximum atomic E-state index is 13.3. The highest BCUT2D eigenvalue weighted by Crippen LogP contribution is 2.22. The fourth-order valence-corrected chi connectivity index (χ4v) is 4.60. The lowest BCUT2D eigenvalue weighted by molar-refractivity contribution is -0.118. The van der Waals surface area contributed by atoms with Gasteiger partial charge in [0.1, 0.15) is 5.82 Å². The number of anilines is 1. The second-order valence-corrected chi connectivity index (χ2v) is 9.60. The SMILES string of the molecule is CN(C(=O)CN(Cc1cccc(Cl)c1)S(=O)(=O)c1ccc(Cl)cc1)c1ccc(F)cc1. The Morgan fingerprint density at radius 1 is 0.935 bits per heavy atom. The third-order valence-electron chi connectivity index (χ3n) is 4.60. The van der Waals surface area contributed by atoms with Crippen molar-refractivity contribution in [1.29, 1.82) is 0 Å². The minimum absolute atomic E-state index is 0.0103. The number of hydrogen-bond donors (Lipinski definition) is 0. The van der Waals surface area contributed by atoms with E-state index in [2.05, 4.69) is 0 Å². The molecular formula is C22H19Cl2FN2O3S. The molecule has 9 heteroatoms. The van der Waals surface area contributed by atoms with Gasteiger partial charge < -0.3 is 4.90 Å². The zero-order valence-corrected chi connectivity index (χ0v) is 18.8. The van der Waals surface area contributed by atoms with Crippen LogP contribution in [0.4, 0.5) is 10.1 Å². The maximum Gasteiger partial charge on any atom is 0.243 e. The number of likely N-dealkylation sites (N-methyl/N-ethyl adjacent to an activating group) is 1. The van der Waals surface area contributed by atoms with E-state index in [9.17, 15) is 17.6 Å². The lowest BCUT2D eigenvalue weighted by atomic mass is 10.2. The molecule has 0 N–H and O–H groups in total. The molecule has 0 saturated carbocycles. The molecule has 0 aliphatic rings. The van der Waals surface area contributed by atoms with E-state index in [-0.39, 0.29) is 11.4 Å². The van der Waals surface area contributed by atoms with Crippen molar-refractivity contribution in [1.82, 2.24) is 4.31 Å². The number of rotatable bonds is 7. The van der Waals surface area contributed by atoms with Crippen molar-refractivity contribution in [3.8, 4) is 0 Å². The lowest BCUT2D eigenvalue weighted by Crippen LogP contribution is -2.41. The normalized spacial score (nSPS) is 11.5. The molecule has 31 heavy (non-hydrogen) atoms. The van der Waals surface area contributed by atoms with Crippen LogP contribution in [0.5, 0.6) is 0 Å². The van der Waals surface area contributed by atoms with Crippen LogP contribution < -0.4 is 4.90 Å². The first kappa shape index (κ1) is 23.2. The van der Waals surface area contributed by atoms with Gasteiger partial charge in [-0.05, 0) is 66.2 Å². The summed E-state index contributed by atoms with van der Waals surface area (Å²) >= 11 is 11.9. The van der Waals surface area contributed by atoms with Gasteiger partial charge in [-0.15, -0.1) is 0 Å². The van der Waals surface area contributed by atoms with Gasteiger partial charge in [0.25, 0.3) is 0 Å². The number of carbonyl (C=O) groups excluding carboxylic acids is 1. The number of hydrogen-bond acceptors (Lipinski definition) is 3. The van der Waals surface area contributed by atoms with Gasteiger partial charge >= 0.3 is 0 Å². The van der Waals surface area contributed by atoms with Crippen LogP contribution in [0.25, 0.3) is 0 Å². The van der Waals surface area contributed by atoms with Gasteiger partial charge in [0.2, 0.25) is 15.9 Å². The van der Waals surface area contributed by atoms with Gasteiger partial charge in [-0.1, -0.05) is 35.3 Å². The van der Waals surface area contributed by atoms with Gasteiger partial charge in [0.15, 0.2) is 0 Å². The van der Waals surface area contributed by atoms with Crippen LogP contribution in [-0.2, 0) is 21.4 Å². The molecule has 0 unspecified atom stereocenters. The molecule has 0 radical (unpaired) electrons. The molecule has 1 amide bonds. The number of sulfonamides is 1. The third-order valence-corrected chi connectivity index (χ3v) is 6.89. The summed E-state index contributed by atoms with van der Waals surface area (Å²) in [5.41, 5.74) is 1.07. The molecule has 0 spiro atoms. The summed E-state index contributed by atoms with van der Waals surface area (Å²) in [7, 11) is -2.52. The zero-order chi connectivity index (χ0) is 22.6. The van der Waals surface area contributed by atoms with Crippen LogP contribution in [-0.4, -0.2) is 32.2 Å². The Kier molecular flexibility index (Phi) is 7.33. The Hall–Kier alpha value is -2.45. The Bertz CT molecular complexity index is 1170. The van der Waals surface area contributed by atoms with Crippen molar-refractivity contribution in [2.75, 3.05) is 18.5 Å². The van der Waals surface area contributed by atoms with E-state index in [0.717, 1.165) is 4.31 Å². The average Bonchev–Trinajstić information content (AvgIpc) is 2.73. The highest BCUT2D eigenvalue weighted by Gasteiger charge is 2.28. The molecule has 0 aromatic heterocycles. The molecule has 162 valence electrons. The fourth-order valence-electron chi connectivity index (χ4n) is 2.89. The molecule has 3 rings (SSSR count). The molecule has 0 aliphatic heterocycles. The zero-order valence-electron chi connectivity index (χ0n) is 16.5. The van der Waals surface area contributed by atoms with Crippen LogP contribution in [0.2, 0.25) is 10.0 Å². The average molecular weight is 481 g/mol. The smallest absolute Gasteiger partial charge is 0.243 e. The van der Waals surface area contributed by atoms with Gasteiger partial charge in [0, 0.05) is 29.3 Å². The van der Waals surface area contributed by atoms with Gasteiger partial charge in [-0.2, -0.15) is 4.31 Å². The molecule has 0 aliphatic carbocycles. The quantitative estimate of drug-likeness (QED) is 0.478. The van der Waals surface area contributed by atoms with Crippen LogP contribution in [0, 0.1) is 5.82 Å². The number of halogens is 3. The van der Waals surface area contributed by atoms with E-state index in [1.807, 2.05) is 0 Å². The van der Waals surface area contributed by atoms with Crippen molar-refractivity contribution >= 4 is 44.8 Å². The topological polar surface area (TPSA) is 57.7 Å². The fraction of sp³-hybridized carbons (Fsp3) is 0.136. The number of carbonyl (C=O) groups is 1. The van der Waals surface area contributed by atoms with E-state index < -0.39 is 28.3 Å². The van der Waals surface area contributed by atoms with Crippen molar-refractivity contribution in [3.05, 3.63) is 94.2 Å². The molecular weight excluding hydrogens is 462 g/mol. The first-order chi connectivity index (χ1) is 14.7. The molecule has 3 aromatic carbocycles. The highest BCUT2D eigenvalue weighted by molar-refractivity contribution is 7.89. The largest absolute Gasteiger partial charge is 0.314 e. The van der Waals surface area contributed by atoms with Gasteiger partial charge in [0.05, 0.1) is 11.4 Å². The molecule has 3 aromatic rings. The molecule has 0 heterocycles.